The van der Waals surface area contributed by atoms with Crippen molar-refractivity contribution in [1.29, 1.82) is 0 Å². The molecule has 0 fully saturated rings. The fourth-order valence-corrected chi connectivity index (χ4v) is 4.76. The topological polar surface area (TPSA) is 73.1 Å². The zero-order valence-electron chi connectivity index (χ0n) is 17.1. The van der Waals surface area contributed by atoms with E-state index in [-0.39, 0.29) is 24.6 Å². The molecule has 0 saturated carbocycles. The largest absolute Gasteiger partial charge is 0.354 e. The lowest BCUT2D eigenvalue weighted by Crippen LogP contribution is -2.42. The zero-order chi connectivity index (χ0) is 21.8. The van der Waals surface area contributed by atoms with E-state index in [2.05, 4.69) is 11.4 Å². The number of aromatic nitrogens is 2. The Kier molecular flexibility index (Phi) is 6.46. The van der Waals surface area contributed by atoms with Crippen molar-refractivity contribution in [2.45, 2.75) is 45.2 Å². The van der Waals surface area contributed by atoms with Crippen molar-refractivity contribution >= 4 is 27.5 Å². The molecule has 31 heavy (non-hydrogen) atoms. The van der Waals surface area contributed by atoms with Crippen molar-refractivity contribution in [3.63, 3.8) is 0 Å². The molecule has 2 heterocycles. The molecule has 0 aliphatic heterocycles. The quantitative estimate of drug-likeness (QED) is 0.571. The molecule has 1 N–H and O–H groups in total. The van der Waals surface area contributed by atoms with Gasteiger partial charge in [0, 0.05) is 12.1 Å². The van der Waals surface area contributed by atoms with Crippen molar-refractivity contribution in [1.82, 2.24) is 14.5 Å². The molecule has 0 bridgehead atoms. The molecule has 4 rings (SSSR count). The number of carbonyl (C=O) groups is 1. The standard InChI is InChI=1S/C23H24FN3O3S/c24-18-9-5-4-8-17(18)14-27-22(29)21-19(11-13-31-21)26(23(27)30)15-20(28)25-12-10-16-6-2-1-3-7-16/h4-6,8-9,11,13H,1-3,7,10,12,14-15H2,(H,25,28). The Morgan fingerprint density at radius 2 is 1.97 bits per heavy atom. The normalized spacial score (nSPS) is 13.9. The van der Waals surface area contributed by atoms with Crippen LogP contribution in [0, 0.1) is 5.82 Å². The fraction of sp³-hybridized carbons (Fsp3) is 0.348. The molecule has 162 valence electrons. The van der Waals surface area contributed by atoms with Gasteiger partial charge in [-0.05, 0) is 49.6 Å². The van der Waals surface area contributed by atoms with E-state index in [1.54, 1.807) is 23.6 Å². The number of carbonyl (C=O) groups excluding carboxylic acids is 1. The number of nitrogens with zero attached hydrogens (tertiary/aromatic N) is 2. The summed E-state index contributed by atoms with van der Waals surface area (Å²) in [6.45, 7) is 0.137. The number of fused-ring (bicyclic) bond motifs is 1. The van der Waals surface area contributed by atoms with Gasteiger partial charge in [0.1, 0.15) is 17.1 Å². The van der Waals surface area contributed by atoms with E-state index in [4.69, 9.17) is 0 Å². The average molecular weight is 442 g/mol. The molecule has 0 unspecified atom stereocenters. The maximum absolute atomic E-state index is 14.1. The van der Waals surface area contributed by atoms with E-state index in [9.17, 15) is 18.8 Å². The maximum atomic E-state index is 14.1. The van der Waals surface area contributed by atoms with Gasteiger partial charge in [0.25, 0.3) is 5.56 Å². The third kappa shape index (κ3) is 4.69. The number of allylic oxidation sites excluding steroid dienone is 1. The highest BCUT2D eigenvalue weighted by molar-refractivity contribution is 7.17. The Labute approximate surface area is 182 Å². The summed E-state index contributed by atoms with van der Waals surface area (Å²) in [5.41, 5.74) is 0.940. The second-order valence-electron chi connectivity index (χ2n) is 7.69. The van der Waals surface area contributed by atoms with Gasteiger partial charge < -0.3 is 5.32 Å². The van der Waals surface area contributed by atoms with Gasteiger partial charge in [-0.2, -0.15) is 0 Å². The van der Waals surface area contributed by atoms with Gasteiger partial charge in [-0.3, -0.25) is 18.7 Å². The van der Waals surface area contributed by atoms with Crippen LogP contribution < -0.4 is 16.6 Å². The molecule has 8 heteroatoms. The van der Waals surface area contributed by atoms with Crippen LogP contribution in [-0.2, 0) is 17.9 Å². The Morgan fingerprint density at radius 3 is 2.74 bits per heavy atom. The second-order valence-corrected chi connectivity index (χ2v) is 8.61. The SMILES string of the molecule is O=C(Cn1c(=O)n(Cc2ccccc2F)c(=O)c2sccc21)NCCC1=CCCCC1. The first-order valence-electron chi connectivity index (χ1n) is 10.4. The van der Waals surface area contributed by atoms with Crippen LogP contribution in [0.15, 0.2) is 57.0 Å². The minimum Gasteiger partial charge on any atom is -0.354 e. The number of hydrogen-bond donors (Lipinski definition) is 1. The van der Waals surface area contributed by atoms with E-state index < -0.39 is 17.1 Å². The highest BCUT2D eigenvalue weighted by atomic mass is 32.1. The van der Waals surface area contributed by atoms with Crippen LogP contribution in [-0.4, -0.2) is 21.6 Å². The van der Waals surface area contributed by atoms with Gasteiger partial charge in [-0.25, -0.2) is 9.18 Å². The van der Waals surface area contributed by atoms with Gasteiger partial charge in [-0.15, -0.1) is 11.3 Å². The molecule has 0 spiro atoms. The number of amides is 1. The number of halogens is 1. The number of benzene rings is 1. The first-order chi connectivity index (χ1) is 15.0. The third-order valence-corrected chi connectivity index (χ3v) is 6.47. The predicted octanol–water partition coefficient (Wildman–Crippen LogP) is 3.42. The first-order valence-corrected chi connectivity index (χ1v) is 11.3. The van der Waals surface area contributed by atoms with Gasteiger partial charge >= 0.3 is 5.69 Å². The maximum Gasteiger partial charge on any atom is 0.332 e. The summed E-state index contributed by atoms with van der Waals surface area (Å²) in [4.78, 5) is 38.5. The van der Waals surface area contributed by atoms with E-state index in [0.29, 0.717) is 16.8 Å². The summed E-state index contributed by atoms with van der Waals surface area (Å²) in [6.07, 6.45) is 7.63. The zero-order valence-corrected chi connectivity index (χ0v) is 17.9. The summed E-state index contributed by atoms with van der Waals surface area (Å²) in [7, 11) is 0. The minimum absolute atomic E-state index is 0.187. The van der Waals surface area contributed by atoms with Crippen molar-refractivity contribution in [2.75, 3.05) is 6.54 Å². The van der Waals surface area contributed by atoms with Crippen LogP contribution in [0.5, 0.6) is 0 Å². The highest BCUT2D eigenvalue weighted by Crippen LogP contribution is 2.19. The van der Waals surface area contributed by atoms with Gasteiger partial charge in [0.05, 0.1) is 12.1 Å². The molecular weight excluding hydrogens is 417 g/mol. The minimum atomic E-state index is -0.621. The smallest absolute Gasteiger partial charge is 0.332 e. The molecule has 1 aliphatic carbocycles. The Balaban J connectivity index is 1.57. The van der Waals surface area contributed by atoms with Crippen LogP contribution in [0.4, 0.5) is 4.39 Å². The number of thiophene rings is 1. The molecule has 0 atom stereocenters. The van der Waals surface area contributed by atoms with Crippen molar-refractivity contribution in [3.05, 3.63) is 79.6 Å². The molecule has 1 aliphatic rings. The fourth-order valence-electron chi connectivity index (χ4n) is 3.92. The molecule has 2 aromatic heterocycles. The summed E-state index contributed by atoms with van der Waals surface area (Å²) in [5.74, 6) is -0.775. The molecule has 1 aromatic carbocycles. The lowest BCUT2D eigenvalue weighted by molar-refractivity contribution is -0.121. The van der Waals surface area contributed by atoms with E-state index >= 15 is 0 Å². The number of rotatable bonds is 7. The Bertz CT molecular complexity index is 1250. The van der Waals surface area contributed by atoms with E-state index in [1.807, 2.05) is 0 Å². The van der Waals surface area contributed by atoms with E-state index in [0.717, 1.165) is 23.8 Å². The van der Waals surface area contributed by atoms with Crippen LogP contribution >= 0.6 is 11.3 Å². The van der Waals surface area contributed by atoms with Crippen molar-refractivity contribution in [2.24, 2.45) is 0 Å². The molecule has 0 saturated heterocycles. The predicted molar refractivity (Wildman–Crippen MR) is 120 cm³/mol. The number of nitrogens with one attached hydrogen (secondary N) is 1. The molecular formula is C23H24FN3O3S. The van der Waals surface area contributed by atoms with Gasteiger partial charge in [0.2, 0.25) is 5.91 Å². The van der Waals surface area contributed by atoms with Crippen molar-refractivity contribution in [3.8, 4) is 0 Å². The lowest BCUT2D eigenvalue weighted by Gasteiger charge is -2.14. The molecule has 6 nitrogen and oxygen atoms in total. The van der Waals surface area contributed by atoms with Crippen LogP contribution in [0.3, 0.4) is 0 Å². The molecule has 3 aromatic rings. The Hall–Kier alpha value is -3.00. The average Bonchev–Trinajstić information content (AvgIpc) is 3.26. The third-order valence-electron chi connectivity index (χ3n) is 5.58. The van der Waals surface area contributed by atoms with Gasteiger partial charge in [0.15, 0.2) is 0 Å². The highest BCUT2D eigenvalue weighted by Gasteiger charge is 2.17. The summed E-state index contributed by atoms with van der Waals surface area (Å²) < 4.78 is 16.8. The summed E-state index contributed by atoms with van der Waals surface area (Å²) in [5, 5.41) is 4.58. The molecule has 1 amide bonds. The lowest BCUT2D eigenvalue weighted by atomic mass is 9.97. The Morgan fingerprint density at radius 1 is 1.13 bits per heavy atom. The first kappa shape index (κ1) is 21.2. The molecule has 0 radical (unpaired) electrons. The second kappa shape index (κ2) is 9.43. The van der Waals surface area contributed by atoms with E-state index in [1.165, 1.54) is 46.5 Å². The van der Waals surface area contributed by atoms with Crippen LogP contribution in [0.25, 0.3) is 10.2 Å². The monoisotopic (exact) mass is 441 g/mol. The summed E-state index contributed by atoms with van der Waals surface area (Å²) in [6, 6.07) is 7.70. The van der Waals surface area contributed by atoms with Crippen molar-refractivity contribution < 1.29 is 9.18 Å². The van der Waals surface area contributed by atoms with Crippen LogP contribution in [0.2, 0.25) is 0 Å². The summed E-state index contributed by atoms with van der Waals surface area (Å²) >= 11 is 1.20. The van der Waals surface area contributed by atoms with Crippen LogP contribution in [0.1, 0.15) is 37.7 Å². The number of hydrogen-bond acceptors (Lipinski definition) is 4. The van der Waals surface area contributed by atoms with Gasteiger partial charge in [-0.1, -0.05) is 29.8 Å².